The van der Waals surface area contributed by atoms with Crippen LogP contribution in [0.2, 0.25) is 0 Å². The van der Waals surface area contributed by atoms with Gasteiger partial charge < -0.3 is 5.43 Å². The molecular formula is C12H14N4O2. The van der Waals surface area contributed by atoms with E-state index < -0.39 is 0 Å². The summed E-state index contributed by atoms with van der Waals surface area (Å²) >= 11 is 0. The average Bonchev–Trinajstić information content (AvgIpc) is 2.80. The summed E-state index contributed by atoms with van der Waals surface area (Å²) in [7, 11) is 0. The van der Waals surface area contributed by atoms with Crippen molar-refractivity contribution >= 4 is 5.69 Å². The number of hydrogen-bond donors (Lipinski definition) is 1. The predicted molar refractivity (Wildman–Crippen MR) is 67.9 cm³/mol. The number of nitrogens with zero attached hydrogens (tertiary/aromatic N) is 3. The summed E-state index contributed by atoms with van der Waals surface area (Å²) in [5.74, 6) is 0. The van der Waals surface area contributed by atoms with E-state index in [-0.39, 0.29) is 10.6 Å². The van der Waals surface area contributed by atoms with Gasteiger partial charge in [0.2, 0.25) is 0 Å². The number of hydrogen-bond acceptors (Lipinski definition) is 4. The van der Waals surface area contributed by atoms with Crippen molar-refractivity contribution in [2.45, 2.75) is 20.4 Å². The Labute approximate surface area is 104 Å². The van der Waals surface area contributed by atoms with E-state index in [1.807, 2.05) is 24.5 Å². The molecule has 94 valence electrons. The highest BCUT2D eigenvalue weighted by molar-refractivity contribution is 5.47. The molecule has 1 N–H and O–H groups in total. The highest BCUT2D eigenvalue weighted by atomic mass is 16.6. The Hall–Kier alpha value is -2.37. The SMILES string of the molecule is Cc1cnc(CNn2cccc2)c(C)c1[N+](=O)[O-]. The highest BCUT2D eigenvalue weighted by Crippen LogP contribution is 2.23. The van der Waals surface area contributed by atoms with Crippen LogP contribution in [0.1, 0.15) is 16.8 Å². The molecular weight excluding hydrogens is 232 g/mol. The molecule has 2 aromatic heterocycles. The van der Waals surface area contributed by atoms with Crippen LogP contribution in [0, 0.1) is 24.0 Å². The molecule has 0 aliphatic carbocycles. The zero-order valence-electron chi connectivity index (χ0n) is 10.3. The summed E-state index contributed by atoms with van der Waals surface area (Å²) in [6.07, 6.45) is 5.26. The summed E-state index contributed by atoms with van der Waals surface area (Å²) in [4.78, 5) is 14.9. The molecule has 0 saturated carbocycles. The Kier molecular flexibility index (Phi) is 3.27. The van der Waals surface area contributed by atoms with E-state index in [0.717, 1.165) is 0 Å². The standard InChI is InChI=1S/C12H14N4O2/c1-9-7-13-11(10(2)12(9)16(17)18)8-14-15-5-3-4-6-15/h3-7,14H,8H2,1-2H3. The maximum Gasteiger partial charge on any atom is 0.278 e. The molecule has 2 aromatic rings. The van der Waals surface area contributed by atoms with Crippen LogP contribution < -0.4 is 5.43 Å². The minimum absolute atomic E-state index is 0.148. The van der Waals surface area contributed by atoms with Gasteiger partial charge in [0.15, 0.2) is 0 Å². The van der Waals surface area contributed by atoms with Crippen LogP contribution in [-0.4, -0.2) is 14.6 Å². The number of pyridine rings is 1. The third kappa shape index (κ3) is 2.32. The van der Waals surface area contributed by atoms with Gasteiger partial charge in [-0.05, 0) is 26.0 Å². The molecule has 0 radical (unpaired) electrons. The summed E-state index contributed by atoms with van der Waals surface area (Å²) < 4.78 is 1.78. The topological polar surface area (TPSA) is 73.0 Å². The van der Waals surface area contributed by atoms with Gasteiger partial charge >= 0.3 is 0 Å². The molecule has 0 fully saturated rings. The molecule has 0 unspecified atom stereocenters. The average molecular weight is 246 g/mol. The molecule has 0 aliphatic rings. The molecule has 6 heteroatoms. The lowest BCUT2D eigenvalue weighted by Gasteiger charge is -2.10. The van der Waals surface area contributed by atoms with Gasteiger partial charge in [-0.15, -0.1) is 0 Å². The van der Waals surface area contributed by atoms with Gasteiger partial charge in [0.25, 0.3) is 5.69 Å². The Balaban J connectivity index is 2.23. The Morgan fingerprint density at radius 1 is 1.39 bits per heavy atom. The molecule has 0 amide bonds. The van der Waals surface area contributed by atoms with Crippen molar-refractivity contribution in [1.29, 1.82) is 0 Å². The lowest BCUT2D eigenvalue weighted by molar-refractivity contribution is -0.386. The quantitative estimate of drug-likeness (QED) is 0.662. The summed E-state index contributed by atoms with van der Waals surface area (Å²) in [6, 6.07) is 3.79. The van der Waals surface area contributed by atoms with Crippen molar-refractivity contribution < 1.29 is 4.92 Å². The van der Waals surface area contributed by atoms with Gasteiger partial charge in [-0.25, -0.2) is 0 Å². The fourth-order valence-corrected chi connectivity index (χ4v) is 1.83. The molecule has 0 spiro atoms. The van der Waals surface area contributed by atoms with Gasteiger partial charge in [-0.1, -0.05) is 0 Å². The summed E-state index contributed by atoms with van der Waals surface area (Å²) in [5, 5.41) is 11.0. The van der Waals surface area contributed by atoms with E-state index in [2.05, 4.69) is 10.4 Å². The van der Waals surface area contributed by atoms with Crippen LogP contribution in [0.3, 0.4) is 0 Å². The highest BCUT2D eigenvalue weighted by Gasteiger charge is 2.18. The van der Waals surface area contributed by atoms with Crippen molar-refractivity contribution in [3.05, 3.63) is 57.7 Å². The largest absolute Gasteiger partial charge is 0.320 e. The van der Waals surface area contributed by atoms with Crippen molar-refractivity contribution in [3.8, 4) is 0 Å². The van der Waals surface area contributed by atoms with Crippen molar-refractivity contribution in [2.75, 3.05) is 5.43 Å². The van der Waals surface area contributed by atoms with Crippen LogP contribution in [-0.2, 0) is 6.54 Å². The molecule has 2 rings (SSSR count). The normalized spacial score (nSPS) is 10.3. The third-order valence-electron chi connectivity index (χ3n) is 2.79. The van der Waals surface area contributed by atoms with Gasteiger partial charge in [-0.2, -0.15) is 0 Å². The second kappa shape index (κ2) is 4.87. The number of aromatic nitrogens is 2. The fourth-order valence-electron chi connectivity index (χ4n) is 1.83. The van der Waals surface area contributed by atoms with Crippen LogP contribution in [0.25, 0.3) is 0 Å². The minimum atomic E-state index is -0.356. The zero-order valence-corrected chi connectivity index (χ0v) is 10.3. The first kappa shape index (κ1) is 12.1. The van der Waals surface area contributed by atoms with Gasteiger partial charge in [0.05, 0.1) is 22.7 Å². The second-order valence-electron chi connectivity index (χ2n) is 4.04. The van der Waals surface area contributed by atoms with E-state index >= 15 is 0 Å². The maximum atomic E-state index is 11.0. The molecule has 2 heterocycles. The molecule has 0 bridgehead atoms. The minimum Gasteiger partial charge on any atom is -0.320 e. The number of aryl methyl sites for hydroxylation is 1. The van der Waals surface area contributed by atoms with E-state index in [0.29, 0.717) is 23.4 Å². The van der Waals surface area contributed by atoms with Crippen molar-refractivity contribution in [1.82, 2.24) is 9.66 Å². The van der Waals surface area contributed by atoms with Crippen LogP contribution >= 0.6 is 0 Å². The lowest BCUT2D eigenvalue weighted by atomic mass is 10.1. The van der Waals surface area contributed by atoms with Gasteiger partial charge in [0, 0.05) is 24.2 Å². The first-order valence-corrected chi connectivity index (χ1v) is 5.56. The third-order valence-corrected chi connectivity index (χ3v) is 2.79. The lowest BCUT2D eigenvalue weighted by Crippen LogP contribution is -2.14. The Bertz CT molecular complexity index is 564. The smallest absolute Gasteiger partial charge is 0.278 e. The monoisotopic (exact) mass is 246 g/mol. The second-order valence-corrected chi connectivity index (χ2v) is 4.04. The van der Waals surface area contributed by atoms with Crippen molar-refractivity contribution in [2.24, 2.45) is 0 Å². The van der Waals surface area contributed by atoms with Crippen LogP contribution in [0.4, 0.5) is 5.69 Å². The molecule has 0 aromatic carbocycles. The fraction of sp³-hybridized carbons (Fsp3) is 0.250. The Morgan fingerprint density at radius 2 is 2.06 bits per heavy atom. The molecule has 6 nitrogen and oxygen atoms in total. The molecule has 18 heavy (non-hydrogen) atoms. The molecule has 0 saturated heterocycles. The van der Waals surface area contributed by atoms with Gasteiger partial charge in [-0.3, -0.25) is 19.8 Å². The number of rotatable bonds is 4. The van der Waals surface area contributed by atoms with E-state index in [1.165, 1.54) is 6.20 Å². The molecule has 0 atom stereocenters. The number of nitrogens with one attached hydrogen (secondary N) is 1. The summed E-state index contributed by atoms with van der Waals surface area (Å²) in [6.45, 7) is 3.87. The molecule has 0 aliphatic heterocycles. The van der Waals surface area contributed by atoms with Crippen molar-refractivity contribution in [3.63, 3.8) is 0 Å². The Morgan fingerprint density at radius 3 is 2.67 bits per heavy atom. The van der Waals surface area contributed by atoms with Crippen LogP contribution in [0.15, 0.2) is 30.7 Å². The van der Waals surface area contributed by atoms with Crippen LogP contribution in [0.5, 0.6) is 0 Å². The first-order valence-electron chi connectivity index (χ1n) is 5.56. The van der Waals surface area contributed by atoms with E-state index in [1.54, 1.807) is 18.5 Å². The van der Waals surface area contributed by atoms with Gasteiger partial charge in [0.1, 0.15) is 0 Å². The maximum absolute atomic E-state index is 11.0. The van der Waals surface area contributed by atoms with E-state index in [9.17, 15) is 10.1 Å². The number of nitro groups is 1. The first-order chi connectivity index (χ1) is 8.59. The van der Waals surface area contributed by atoms with E-state index in [4.69, 9.17) is 0 Å². The predicted octanol–water partition coefficient (Wildman–Crippen LogP) is 2.15. The zero-order chi connectivity index (χ0) is 13.1. The summed E-state index contributed by atoms with van der Waals surface area (Å²) in [5.41, 5.74) is 5.12.